The van der Waals surface area contributed by atoms with Gasteiger partial charge in [0, 0.05) is 21.2 Å². The monoisotopic (exact) mass is 214 g/mol. The van der Waals surface area contributed by atoms with Crippen LogP contribution in [0.2, 0.25) is 0 Å². The summed E-state index contributed by atoms with van der Waals surface area (Å²) in [6.45, 7) is 0. The van der Waals surface area contributed by atoms with Gasteiger partial charge in [-0.1, -0.05) is 0 Å². The highest BCUT2D eigenvalue weighted by Crippen LogP contribution is 2.20. The SMILES string of the molecule is C#CCCc1cc(Br)cs1. The summed E-state index contributed by atoms with van der Waals surface area (Å²) in [7, 11) is 0. The van der Waals surface area contributed by atoms with Gasteiger partial charge in [-0.3, -0.25) is 0 Å². The Bertz CT molecular complexity index is 244. The van der Waals surface area contributed by atoms with Gasteiger partial charge in [0.1, 0.15) is 0 Å². The molecule has 2 heteroatoms. The summed E-state index contributed by atoms with van der Waals surface area (Å²) in [5, 5.41) is 2.08. The first-order valence-electron chi connectivity index (χ1n) is 2.99. The summed E-state index contributed by atoms with van der Waals surface area (Å²) in [5.41, 5.74) is 0. The fourth-order valence-corrected chi connectivity index (χ4v) is 2.14. The normalized spacial score (nSPS) is 9.20. The van der Waals surface area contributed by atoms with Crippen LogP contribution in [0.1, 0.15) is 11.3 Å². The van der Waals surface area contributed by atoms with E-state index in [0.29, 0.717) is 0 Å². The van der Waals surface area contributed by atoms with Crippen molar-refractivity contribution in [2.45, 2.75) is 12.8 Å². The molecule has 1 aromatic heterocycles. The second-order valence-corrected chi connectivity index (χ2v) is 3.85. The summed E-state index contributed by atoms with van der Waals surface area (Å²) in [6, 6.07) is 2.11. The molecule has 1 heterocycles. The molecule has 0 amide bonds. The molecule has 0 fully saturated rings. The highest BCUT2D eigenvalue weighted by Gasteiger charge is 1.94. The van der Waals surface area contributed by atoms with E-state index in [9.17, 15) is 0 Å². The molecule has 0 saturated heterocycles. The number of halogens is 1. The minimum absolute atomic E-state index is 0.840. The van der Waals surface area contributed by atoms with E-state index in [0.717, 1.165) is 17.3 Å². The van der Waals surface area contributed by atoms with Gasteiger partial charge in [-0.25, -0.2) is 0 Å². The molecule has 0 N–H and O–H groups in total. The molecule has 0 saturated carbocycles. The Kier molecular flexibility index (Phi) is 2.98. The third-order valence-corrected chi connectivity index (χ3v) is 2.89. The van der Waals surface area contributed by atoms with E-state index in [1.165, 1.54) is 4.88 Å². The molecule has 0 atom stereocenters. The molecular formula is C8H7BrS. The summed E-state index contributed by atoms with van der Waals surface area (Å²) in [4.78, 5) is 1.35. The fourth-order valence-electron chi connectivity index (χ4n) is 0.680. The third-order valence-electron chi connectivity index (χ3n) is 1.14. The van der Waals surface area contributed by atoms with Crippen molar-refractivity contribution in [3.8, 4) is 12.3 Å². The Morgan fingerprint density at radius 2 is 2.50 bits per heavy atom. The lowest BCUT2D eigenvalue weighted by atomic mass is 10.3. The van der Waals surface area contributed by atoms with E-state index < -0.39 is 0 Å². The first-order chi connectivity index (χ1) is 4.83. The Balaban J connectivity index is 2.52. The lowest BCUT2D eigenvalue weighted by Gasteiger charge is -1.86. The van der Waals surface area contributed by atoms with Crippen molar-refractivity contribution in [1.29, 1.82) is 0 Å². The molecule has 1 rings (SSSR count). The maximum Gasteiger partial charge on any atom is 0.0285 e. The minimum atomic E-state index is 0.840. The van der Waals surface area contributed by atoms with Crippen LogP contribution in [0.5, 0.6) is 0 Å². The molecule has 0 aliphatic carbocycles. The molecule has 52 valence electrons. The fraction of sp³-hybridized carbons (Fsp3) is 0.250. The number of hydrogen-bond acceptors (Lipinski definition) is 1. The topological polar surface area (TPSA) is 0 Å². The Labute approximate surface area is 73.4 Å². The lowest BCUT2D eigenvalue weighted by molar-refractivity contribution is 1.06. The molecule has 0 radical (unpaired) electrons. The maximum absolute atomic E-state index is 5.13. The van der Waals surface area contributed by atoms with Gasteiger partial charge in [-0.2, -0.15) is 0 Å². The maximum atomic E-state index is 5.13. The molecule has 0 aliphatic heterocycles. The number of rotatable bonds is 2. The van der Waals surface area contributed by atoms with Crippen molar-refractivity contribution < 1.29 is 0 Å². The zero-order chi connectivity index (χ0) is 7.40. The summed E-state index contributed by atoms with van der Waals surface area (Å²) in [6.07, 6.45) is 6.97. The molecule has 1 aromatic rings. The van der Waals surface area contributed by atoms with E-state index in [4.69, 9.17) is 6.42 Å². The van der Waals surface area contributed by atoms with E-state index in [2.05, 4.69) is 33.3 Å². The Hall–Kier alpha value is -0.260. The molecule has 0 spiro atoms. The van der Waals surface area contributed by atoms with Crippen molar-refractivity contribution >= 4 is 27.3 Å². The quantitative estimate of drug-likeness (QED) is 0.665. The summed E-state index contributed by atoms with van der Waals surface area (Å²) < 4.78 is 1.16. The van der Waals surface area contributed by atoms with E-state index in [-0.39, 0.29) is 0 Å². The number of thiophene rings is 1. The molecule has 0 aliphatic rings. The van der Waals surface area contributed by atoms with E-state index >= 15 is 0 Å². The highest BCUT2D eigenvalue weighted by atomic mass is 79.9. The van der Waals surface area contributed by atoms with Gasteiger partial charge in [-0.05, 0) is 28.4 Å². The zero-order valence-corrected chi connectivity index (χ0v) is 7.83. The van der Waals surface area contributed by atoms with Crippen LogP contribution in [0.25, 0.3) is 0 Å². The van der Waals surface area contributed by atoms with Crippen molar-refractivity contribution in [3.63, 3.8) is 0 Å². The summed E-state index contributed by atoms with van der Waals surface area (Å²) in [5.74, 6) is 2.62. The van der Waals surface area contributed by atoms with Gasteiger partial charge >= 0.3 is 0 Å². The molecule has 0 bridgehead atoms. The number of terminal acetylenes is 1. The largest absolute Gasteiger partial charge is 0.148 e. The second-order valence-electron chi connectivity index (χ2n) is 1.94. The molecule has 10 heavy (non-hydrogen) atoms. The van der Waals surface area contributed by atoms with Crippen LogP contribution in [-0.2, 0) is 6.42 Å². The average molecular weight is 215 g/mol. The van der Waals surface area contributed by atoms with Crippen LogP contribution in [0.4, 0.5) is 0 Å². The zero-order valence-electron chi connectivity index (χ0n) is 5.43. The van der Waals surface area contributed by atoms with Gasteiger partial charge in [0.05, 0.1) is 0 Å². The molecule has 0 aromatic carbocycles. The van der Waals surface area contributed by atoms with Crippen LogP contribution in [0.3, 0.4) is 0 Å². The van der Waals surface area contributed by atoms with Crippen LogP contribution in [0.15, 0.2) is 15.9 Å². The van der Waals surface area contributed by atoms with Crippen LogP contribution in [0, 0.1) is 12.3 Å². The minimum Gasteiger partial charge on any atom is -0.148 e. The molecule has 0 unspecified atom stereocenters. The van der Waals surface area contributed by atoms with Crippen LogP contribution < -0.4 is 0 Å². The number of hydrogen-bond donors (Lipinski definition) is 0. The van der Waals surface area contributed by atoms with Crippen molar-refractivity contribution in [2.24, 2.45) is 0 Å². The van der Waals surface area contributed by atoms with Crippen molar-refractivity contribution in [2.75, 3.05) is 0 Å². The average Bonchev–Trinajstić information content (AvgIpc) is 2.31. The Morgan fingerprint density at radius 3 is 3.00 bits per heavy atom. The van der Waals surface area contributed by atoms with Gasteiger partial charge < -0.3 is 0 Å². The Morgan fingerprint density at radius 1 is 1.70 bits per heavy atom. The van der Waals surface area contributed by atoms with E-state index in [1.807, 2.05) is 0 Å². The first kappa shape index (κ1) is 7.84. The highest BCUT2D eigenvalue weighted by molar-refractivity contribution is 9.10. The van der Waals surface area contributed by atoms with Crippen molar-refractivity contribution in [1.82, 2.24) is 0 Å². The molecule has 0 nitrogen and oxygen atoms in total. The van der Waals surface area contributed by atoms with Crippen LogP contribution in [-0.4, -0.2) is 0 Å². The van der Waals surface area contributed by atoms with E-state index in [1.54, 1.807) is 11.3 Å². The van der Waals surface area contributed by atoms with Gasteiger partial charge in [0.25, 0.3) is 0 Å². The van der Waals surface area contributed by atoms with Crippen LogP contribution >= 0.6 is 27.3 Å². The van der Waals surface area contributed by atoms with Crippen molar-refractivity contribution in [3.05, 3.63) is 20.8 Å². The predicted octanol–water partition coefficient (Wildman–Crippen LogP) is 3.08. The van der Waals surface area contributed by atoms with Gasteiger partial charge in [0.15, 0.2) is 0 Å². The third kappa shape index (κ3) is 2.17. The predicted molar refractivity (Wildman–Crippen MR) is 49.2 cm³/mol. The second kappa shape index (κ2) is 3.80. The number of aryl methyl sites for hydroxylation is 1. The standard InChI is InChI=1S/C8H7BrS/c1-2-3-4-8-5-7(9)6-10-8/h1,5-6H,3-4H2. The molecular weight excluding hydrogens is 208 g/mol. The lowest BCUT2D eigenvalue weighted by Crippen LogP contribution is -1.74. The summed E-state index contributed by atoms with van der Waals surface area (Å²) >= 11 is 5.13. The van der Waals surface area contributed by atoms with Gasteiger partial charge in [-0.15, -0.1) is 23.7 Å². The van der Waals surface area contributed by atoms with Gasteiger partial charge in [0.2, 0.25) is 0 Å². The first-order valence-corrected chi connectivity index (χ1v) is 4.66. The smallest absolute Gasteiger partial charge is 0.0285 e.